The largest absolute Gasteiger partial charge is 0.338 e. The summed E-state index contributed by atoms with van der Waals surface area (Å²) >= 11 is 0. The first kappa shape index (κ1) is 34.9. The van der Waals surface area contributed by atoms with Crippen molar-refractivity contribution in [3.05, 3.63) is 57.0 Å². The first-order chi connectivity index (χ1) is 20.3. The van der Waals surface area contributed by atoms with Crippen LogP contribution in [0.3, 0.4) is 0 Å². The van der Waals surface area contributed by atoms with Gasteiger partial charge in [0.15, 0.2) is 0 Å². The quantitative estimate of drug-likeness (QED) is 0.166. The van der Waals surface area contributed by atoms with Crippen molar-refractivity contribution < 1.29 is 4.79 Å². The Morgan fingerprint density at radius 1 is 0.905 bits per heavy atom. The lowest BCUT2D eigenvalue weighted by Crippen LogP contribution is -2.39. The van der Waals surface area contributed by atoms with E-state index in [0.29, 0.717) is 53.0 Å². The van der Waals surface area contributed by atoms with Crippen LogP contribution in [-0.2, 0) is 13.0 Å². The second kappa shape index (κ2) is 18.3. The zero-order valence-electron chi connectivity index (χ0n) is 27.2. The van der Waals surface area contributed by atoms with Gasteiger partial charge >= 0.3 is 0 Å². The molecule has 0 aliphatic heterocycles. The molecule has 2 unspecified atom stereocenters. The summed E-state index contributed by atoms with van der Waals surface area (Å²) in [5.74, 6) is 1.10. The first-order valence-corrected chi connectivity index (χ1v) is 16.3. The Morgan fingerprint density at radius 2 is 1.48 bits per heavy atom. The minimum absolute atomic E-state index is 0.0816. The zero-order valence-corrected chi connectivity index (χ0v) is 27.2. The molecule has 0 bridgehead atoms. The predicted molar refractivity (Wildman–Crippen MR) is 173 cm³/mol. The Bertz CT molecular complexity index is 1240. The van der Waals surface area contributed by atoms with Crippen LogP contribution >= 0.6 is 0 Å². The molecule has 0 N–H and O–H groups in total. The molecule has 0 aliphatic rings. The second-order valence-corrected chi connectivity index (χ2v) is 11.5. The number of azo groups is 1. The maximum Gasteiger partial charge on any atom is 0.269 e. The molecule has 2 aromatic rings. The highest BCUT2D eigenvalue weighted by Crippen LogP contribution is 2.29. The van der Waals surface area contributed by atoms with E-state index in [4.69, 9.17) is 0 Å². The summed E-state index contributed by atoms with van der Waals surface area (Å²) in [6, 6.07) is 9.44. The number of carbonyl (C=O) groups excluding carboxylic acids is 1. The Balaban J connectivity index is 2.38. The molecule has 1 amide bonds. The van der Waals surface area contributed by atoms with Crippen LogP contribution in [0.15, 0.2) is 39.3 Å². The number of benzene rings is 1. The van der Waals surface area contributed by atoms with Crippen molar-refractivity contribution in [3.63, 3.8) is 0 Å². The van der Waals surface area contributed by atoms with Crippen molar-refractivity contribution in [2.75, 3.05) is 13.1 Å². The zero-order chi connectivity index (χ0) is 31.1. The predicted octanol–water partition coefficient (Wildman–Crippen LogP) is 9.29. The number of nitriles is 1. The summed E-state index contributed by atoms with van der Waals surface area (Å²) < 4.78 is 1.58. The lowest BCUT2D eigenvalue weighted by Gasteiger charge is -2.31. The Morgan fingerprint density at radius 3 is 1.93 bits per heavy atom. The average molecular weight is 576 g/mol. The lowest BCUT2D eigenvalue weighted by molar-refractivity contribution is 0.0685. The SMILES string of the molecule is CCCCC(CC)CN(CC(CC)CCCC)C(=O)c1ccc(N=Nc2c(CCC)c(C#N)c(=O)n(CC)c2C)cc1. The van der Waals surface area contributed by atoms with Crippen LogP contribution in [0.1, 0.15) is 127 Å². The number of rotatable bonds is 18. The molecule has 230 valence electrons. The van der Waals surface area contributed by atoms with Gasteiger partial charge in [-0.2, -0.15) is 10.4 Å². The van der Waals surface area contributed by atoms with Crippen molar-refractivity contribution in [2.45, 2.75) is 119 Å². The number of hydrogen-bond acceptors (Lipinski definition) is 5. The summed E-state index contributed by atoms with van der Waals surface area (Å²) in [5.41, 5.74) is 3.10. The Labute approximate surface area is 254 Å². The van der Waals surface area contributed by atoms with E-state index in [0.717, 1.165) is 45.2 Å². The van der Waals surface area contributed by atoms with Crippen LogP contribution in [-0.4, -0.2) is 28.5 Å². The van der Waals surface area contributed by atoms with Gasteiger partial charge in [0, 0.05) is 36.5 Å². The minimum Gasteiger partial charge on any atom is -0.338 e. The smallest absolute Gasteiger partial charge is 0.269 e. The molecule has 1 heterocycles. The minimum atomic E-state index is -0.271. The van der Waals surface area contributed by atoms with Crippen LogP contribution in [0.4, 0.5) is 11.4 Å². The number of pyridine rings is 1. The maximum atomic E-state index is 13.8. The Kier molecular flexibility index (Phi) is 15.2. The van der Waals surface area contributed by atoms with Crippen molar-refractivity contribution in [3.8, 4) is 6.07 Å². The van der Waals surface area contributed by atoms with E-state index in [1.54, 1.807) is 4.57 Å². The highest BCUT2D eigenvalue weighted by molar-refractivity contribution is 5.94. The molecule has 0 fully saturated rings. The van der Waals surface area contributed by atoms with Gasteiger partial charge in [0.05, 0.1) is 5.69 Å². The third-order valence-corrected chi connectivity index (χ3v) is 8.43. The molecular weight excluding hydrogens is 522 g/mol. The van der Waals surface area contributed by atoms with Gasteiger partial charge < -0.3 is 9.47 Å². The molecule has 42 heavy (non-hydrogen) atoms. The summed E-state index contributed by atoms with van der Waals surface area (Å²) in [6.07, 6.45) is 10.6. The van der Waals surface area contributed by atoms with Gasteiger partial charge in [0.1, 0.15) is 17.3 Å². The van der Waals surface area contributed by atoms with E-state index in [-0.39, 0.29) is 17.0 Å². The van der Waals surface area contributed by atoms with Crippen LogP contribution in [0, 0.1) is 30.1 Å². The lowest BCUT2D eigenvalue weighted by atomic mass is 9.95. The molecule has 7 heteroatoms. The van der Waals surface area contributed by atoms with Gasteiger partial charge in [-0.1, -0.05) is 79.6 Å². The molecule has 0 saturated carbocycles. The van der Waals surface area contributed by atoms with Crippen LogP contribution in [0.25, 0.3) is 0 Å². The Hall–Kier alpha value is -3.27. The van der Waals surface area contributed by atoms with Crippen LogP contribution in [0.5, 0.6) is 0 Å². The number of hydrogen-bond donors (Lipinski definition) is 0. The van der Waals surface area contributed by atoms with Crippen molar-refractivity contribution in [1.29, 1.82) is 5.26 Å². The summed E-state index contributed by atoms with van der Waals surface area (Å²) in [4.78, 5) is 28.8. The van der Waals surface area contributed by atoms with Gasteiger partial charge in [0.2, 0.25) is 0 Å². The average Bonchev–Trinajstić information content (AvgIpc) is 3.00. The topological polar surface area (TPSA) is 90.8 Å². The number of carbonyl (C=O) groups is 1. The second-order valence-electron chi connectivity index (χ2n) is 11.5. The van der Waals surface area contributed by atoms with E-state index < -0.39 is 0 Å². The van der Waals surface area contributed by atoms with Gasteiger partial charge in [0.25, 0.3) is 11.5 Å². The standard InChI is InChI=1S/C35H53N5O2/c1-8-14-17-27(11-4)24-39(25-28(12-5)18-15-9-2)34(41)29-19-21-30(22-20-29)37-38-33-26(7)40(13-6)35(42)32(23-36)31(33)16-10-3/h19-22,27-28H,8-18,24-25H2,1-7H3. The van der Waals surface area contributed by atoms with E-state index >= 15 is 0 Å². The number of amides is 1. The van der Waals surface area contributed by atoms with Gasteiger partial charge in [-0.15, -0.1) is 5.11 Å². The number of aromatic nitrogens is 1. The fraction of sp³-hybridized carbons (Fsp3) is 0.629. The normalized spacial score (nSPS) is 12.8. The van der Waals surface area contributed by atoms with Crippen molar-refractivity contribution >= 4 is 17.3 Å². The van der Waals surface area contributed by atoms with E-state index in [9.17, 15) is 14.9 Å². The fourth-order valence-electron chi connectivity index (χ4n) is 5.66. The maximum absolute atomic E-state index is 13.8. The first-order valence-electron chi connectivity index (χ1n) is 16.3. The molecule has 2 rings (SSSR count). The molecule has 7 nitrogen and oxygen atoms in total. The summed E-state index contributed by atoms with van der Waals surface area (Å²) in [6.45, 7) is 16.7. The summed E-state index contributed by atoms with van der Waals surface area (Å²) in [5, 5.41) is 18.7. The van der Waals surface area contributed by atoms with Crippen LogP contribution < -0.4 is 5.56 Å². The van der Waals surface area contributed by atoms with E-state index in [1.807, 2.05) is 45.0 Å². The summed E-state index contributed by atoms with van der Waals surface area (Å²) in [7, 11) is 0. The van der Waals surface area contributed by atoms with Gasteiger partial charge in [-0.05, 0) is 69.2 Å². The highest BCUT2D eigenvalue weighted by Gasteiger charge is 2.23. The molecule has 0 aliphatic carbocycles. The number of unbranched alkanes of at least 4 members (excludes halogenated alkanes) is 2. The highest BCUT2D eigenvalue weighted by atomic mass is 16.2. The third kappa shape index (κ3) is 9.37. The molecule has 0 saturated heterocycles. The van der Waals surface area contributed by atoms with Crippen LogP contribution in [0.2, 0.25) is 0 Å². The molecule has 0 radical (unpaired) electrons. The van der Waals surface area contributed by atoms with Crippen molar-refractivity contribution in [1.82, 2.24) is 9.47 Å². The molecule has 2 atom stereocenters. The van der Waals surface area contributed by atoms with Gasteiger partial charge in [-0.3, -0.25) is 9.59 Å². The molecule has 1 aromatic carbocycles. The number of nitrogens with zero attached hydrogens (tertiary/aromatic N) is 5. The molecular formula is C35H53N5O2. The van der Waals surface area contributed by atoms with Gasteiger partial charge in [-0.25, -0.2) is 0 Å². The third-order valence-electron chi connectivity index (χ3n) is 8.43. The molecule has 1 aromatic heterocycles. The molecule has 0 spiro atoms. The van der Waals surface area contributed by atoms with E-state index in [2.05, 4.69) is 48.9 Å². The van der Waals surface area contributed by atoms with E-state index in [1.165, 1.54) is 25.7 Å². The monoisotopic (exact) mass is 575 g/mol. The fourth-order valence-corrected chi connectivity index (χ4v) is 5.66. The van der Waals surface area contributed by atoms with Crippen molar-refractivity contribution in [2.24, 2.45) is 22.1 Å².